The van der Waals surface area contributed by atoms with Gasteiger partial charge in [-0.05, 0) is 56.4 Å². The number of benzene rings is 1. The van der Waals surface area contributed by atoms with Crippen LogP contribution in [0.3, 0.4) is 0 Å². The number of aryl methyl sites for hydroxylation is 1. The number of hydrogen-bond acceptors (Lipinski definition) is 6. The summed E-state index contributed by atoms with van der Waals surface area (Å²) in [5.41, 5.74) is 18.1. The Morgan fingerprint density at radius 2 is 1.97 bits per heavy atom. The van der Waals surface area contributed by atoms with Crippen molar-refractivity contribution in [2.45, 2.75) is 44.7 Å². The lowest BCUT2D eigenvalue weighted by molar-refractivity contribution is 0.397. The van der Waals surface area contributed by atoms with E-state index in [0.717, 1.165) is 53.6 Å². The molecule has 1 saturated carbocycles. The fourth-order valence-electron chi connectivity index (χ4n) is 4.72. The molecule has 0 radical (unpaired) electrons. The number of ether oxygens (including phenoxy) is 1. The van der Waals surface area contributed by atoms with Gasteiger partial charge < -0.3 is 21.5 Å². The third-order valence-electron chi connectivity index (χ3n) is 6.79. The molecule has 8 nitrogen and oxygen atoms in total. The minimum absolute atomic E-state index is 0.183. The van der Waals surface area contributed by atoms with Crippen LogP contribution >= 0.6 is 11.6 Å². The SMILES string of the molecule is COc1cc(C)c(-c2cc3c(N[C@H]4CC[C@@H](N)CC4)c(/C(N)=N/c4cc(F)ccc4Cl)cnn3c2)cn1. The Morgan fingerprint density at radius 1 is 1.19 bits per heavy atom. The summed E-state index contributed by atoms with van der Waals surface area (Å²) >= 11 is 6.25. The van der Waals surface area contributed by atoms with E-state index < -0.39 is 5.82 Å². The van der Waals surface area contributed by atoms with Gasteiger partial charge in [-0.3, -0.25) is 0 Å². The number of rotatable bonds is 6. The Morgan fingerprint density at radius 3 is 2.70 bits per heavy atom. The van der Waals surface area contributed by atoms with Crippen molar-refractivity contribution >= 4 is 34.3 Å². The first-order valence-corrected chi connectivity index (χ1v) is 12.5. The second-order valence-corrected chi connectivity index (χ2v) is 9.79. The van der Waals surface area contributed by atoms with Gasteiger partial charge in [-0.1, -0.05) is 11.6 Å². The minimum Gasteiger partial charge on any atom is -0.481 e. The molecule has 0 bridgehead atoms. The average Bonchev–Trinajstić information content (AvgIpc) is 3.32. The number of anilines is 1. The molecule has 5 N–H and O–H groups in total. The molecule has 1 fully saturated rings. The number of nitrogens with two attached hydrogens (primary N) is 2. The quantitative estimate of drug-likeness (QED) is 0.236. The molecule has 192 valence electrons. The first kappa shape index (κ1) is 25.0. The van der Waals surface area contributed by atoms with Gasteiger partial charge in [0.2, 0.25) is 5.88 Å². The van der Waals surface area contributed by atoms with Crippen molar-refractivity contribution in [2.24, 2.45) is 16.5 Å². The number of halogens is 2. The summed E-state index contributed by atoms with van der Waals surface area (Å²) in [6, 6.07) is 8.38. The van der Waals surface area contributed by atoms with Gasteiger partial charge >= 0.3 is 0 Å². The number of aromatic nitrogens is 3. The first-order valence-electron chi connectivity index (χ1n) is 12.2. The minimum atomic E-state index is -0.443. The van der Waals surface area contributed by atoms with E-state index in [2.05, 4.69) is 20.4 Å². The van der Waals surface area contributed by atoms with Crippen LogP contribution in [0.5, 0.6) is 5.88 Å². The smallest absolute Gasteiger partial charge is 0.213 e. The molecule has 0 aliphatic heterocycles. The van der Waals surface area contributed by atoms with Gasteiger partial charge in [-0.15, -0.1) is 0 Å². The van der Waals surface area contributed by atoms with Crippen molar-refractivity contribution in [3.05, 3.63) is 70.9 Å². The number of nitrogens with one attached hydrogen (secondary N) is 1. The Balaban J connectivity index is 1.62. The van der Waals surface area contributed by atoms with Crippen molar-refractivity contribution in [2.75, 3.05) is 12.4 Å². The van der Waals surface area contributed by atoms with Gasteiger partial charge in [0.25, 0.3) is 0 Å². The second kappa shape index (κ2) is 10.4. The first-order chi connectivity index (χ1) is 17.8. The van der Waals surface area contributed by atoms with Gasteiger partial charge in [0.05, 0.1) is 40.8 Å². The van der Waals surface area contributed by atoms with E-state index in [9.17, 15) is 4.39 Å². The lowest BCUT2D eigenvalue weighted by Gasteiger charge is -2.28. The van der Waals surface area contributed by atoms with Crippen LogP contribution in [0.2, 0.25) is 5.02 Å². The van der Waals surface area contributed by atoms with E-state index in [1.54, 1.807) is 19.5 Å². The molecule has 1 aromatic carbocycles. The van der Waals surface area contributed by atoms with Crippen LogP contribution in [-0.4, -0.2) is 39.6 Å². The summed E-state index contributed by atoms with van der Waals surface area (Å²) in [5.74, 6) is 0.298. The summed E-state index contributed by atoms with van der Waals surface area (Å²) in [6.07, 6.45) is 9.18. The Bertz CT molecular complexity index is 1480. The lowest BCUT2D eigenvalue weighted by Crippen LogP contribution is -2.33. The van der Waals surface area contributed by atoms with Crippen LogP contribution in [-0.2, 0) is 0 Å². The lowest BCUT2D eigenvalue weighted by atomic mass is 9.91. The second-order valence-electron chi connectivity index (χ2n) is 9.38. The molecule has 1 aliphatic rings. The molecule has 10 heteroatoms. The number of pyridine rings is 1. The molecule has 4 aromatic rings. The topological polar surface area (TPSA) is 116 Å². The van der Waals surface area contributed by atoms with Crippen LogP contribution in [0.1, 0.15) is 36.8 Å². The Kier molecular flexibility index (Phi) is 6.99. The zero-order valence-corrected chi connectivity index (χ0v) is 21.5. The summed E-state index contributed by atoms with van der Waals surface area (Å²) in [5, 5.41) is 8.59. The third-order valence-corrected chi connectivity index (χ3v) is 7.11. The van der Waals surface area contributed by atoms with Gasteiger partial charge in [-0.25, -0.2) is 18.9 Å². The van der Waals surface area contributed by atoms with E-state index >= 15 is 0 Å². The Labute approximate surface area is 219 Å². The van der Waals surface area contributed by atoms with E-state index in [1.165, 1.54) is 18.2 Å². The van der Waals surface area contributed by atoms with Gasteiger partial charge in [-0.2, -0.15) is 5.10 Å². The van der Waals surface area contributed by atoms with E-state index in [1.807, 2.05) is 29.8 Å². The maximum Gasteiger partial charge on any atom is 0.213 e. The number of amidine groups is 1. The maximum absolute atomic E-state index is 13.9. The van der Waals surface area contributed by atoms with Crippen LogP contribution in [0.25, 0.3) is 16.6 Å². The van der Waals surface area contributed by atoms with Gasteiger partial charge in [0.1, 0.15) is 11.7 Å². The zero-order chi connectivity index (χ0) is 26.1. The maximum atomic E-state index is 13.9. The van der Waals surface area contributed by atoms with Gasteiger partial charge in [0, 0.05) is 47.7 Å². The third kappa shape index (κ3) is 5.23. The molecule has 0 saturated heterocycles. The summed E-state index contributed by atoms with van der Waals surface area (Å²) in [6.45, 7) is 2.01. The van der Waals surface area contributed by atoms with Crippen LogP contribution < -0.4 is 21.5 Å². The molecule has 1 aliphatic carbocycles. The van der Waals surface area contributed by atoms with Crippen LogP contribution in [0, 0.1) is 12.7 Å². The molecule has 5 rings (SSSR count). The number of hydrogen-bond donors (Lipinski definition) is 3. The molecule has 0 unspecified atom stereocenters. The Hall–Kier alpha value is -3.69. The molecule has 0 amide bonds. The zero-order valence-electron chi connectivity index (χ0n) is 20.7. The van der Waals surface area contributed by atoms with Crippen molar-refractivity contribution in [3.63, 3.8) is 0 Å². The standard InChI is InChI=1S/C27H29ClFN7O/c1-15-9-25(37-2)32-12-20(15)16-10-24-26(34-19-6-4-18(30)5-7-19)21(13-33-36(24)14-16)27(31)35-23-11-17(29)3-8-22(23)28/h3,8-14,18-19,34H,4-7,30H2,1-2H3,(H2,31,35)/t18-,19+. The highest BCUT2D eigenvalue weighted by molar-refractivity contribution is 6.33. The normalized spacial score (nSPS) is 18.2. The largest absolute Gasteiger partial charge is 0.481 e. The summed E-state index contributed by atoms with van der Waals surface area (Å²) in [7, 11) is 1.60. The molecule has 3 heterocycles. The molecule has 37 heavy (non-hydrogen) atoms. The predicted octanol–water partition coefficient (Wildman–Crippen LogP) is 5.22. The number of fused-ring (bicyclic) bond motifs is 1. The van der Waals surface area contributed by atoms with E-state index in [-0.39, 0.29) is 23.6 Å². The van der Waals surface area contributed by atoms with Gasteiger partial charge in [0.15, 0.2) is 0 Å². The summed E-state index contributed by atoms with van der Waals surface area (Å²) in [4.78, 5) is 8.82. The van der Waals surface area contributed by atoms with Crippen LogP contribution in [0.15, 0.2) is 53.9 Å². The van der Waals surface area contributed by atoms with Crippen molar-refractivity contribution in [3.8, 4) is 17.0 Å². The van der Waals surface area contributed by atoms with Crippen molar-refractivity contribution < 1.29 is 9.13 Å². The van der Waals surface area contributed by atoms with Crippen molar-refractivity contribution in [1.29, 1.82) is 0 Å². The molecular formula is C27H29ClFN7O. The highest BCUT2D eigenvalue weighted by atomic mass is 35.5. The summed E-state index contributed by atoms with van der Waals surface area (Å²) < 4.78 is 20.9. The number of methoxy groups -OCH3 is 1. The fraction of sp³-hybridized carbons (Fsp3) is 0.296. The molecular weight excluding hydrogens is 493 g/mol. The van der Waals surface area contributed by atoms with E-state index in [0.29, 0.717) is 16.5 Å². The van der Waals surface area contributed by atoms with Crippen molar-refractivity contribution in [1.82, 2.24) is 14.6 Å². The average molecular weight is 522 g/mol. The highest BCUT2D eigenvalue weighted by Crippen LogP contribution is 2.33. The van der Waals surface area contributed by atoms with E-state index in [4.69, 9.17) is 27.8 Å². The molecule has 0 spiro atoms. The fourth-order valence-corrected chi connectivity index (χ4v) is 4.88. The monoisotopic (exact) mass is 521 g/mol. The molecule has 0 atom stereocenters. The number of nitrogens with zero attached hydrogens (tertiary/aromatic N) is 4. The highest BCUT2D eigenvalue weighted by Gasteiger charge is 2.22. The van der Waals surface area contributed by atoms with Crippen LogP contribution in [0.4, 0.5) is 15.8 Å². The molecule has 3 aromatic heterocycles. The number of aliphatic imine (C=N–C) groups is 1. The predicted molar refractivity (Wildman–Crippen MR) is 145 cm³/mol.